The van der Waals surface area contributed by atoms with Crippen LogP contribution in [0.4, 0.5) is 5.95 Å². The summed E-state index contributed by atoms with van der Waals surface area (Å²) < 4.78 is 0. The molecule has 1 heterocycles. The molecule has 0 unspecified atom stereocenters. The van der Waals surface area contributed by atoms with Crippen LogP contribution in [0.15, 0.2) is 12.3 Å². The molecule has 2 N–H and O–H groups in total. The Morgan fingerprint density at radius 1 is 1.50 bits per heavy atom. The fraction of sp³-hybridized carbons (Fsp3) is 0.600. The summed E-state index contributed by atoms with van der Waals surface area (Å²) in [5.74, 6) is 1.35. The van der Waals surface area contributed by atoms with E-state index in [2.05, 4.69) is 23.8 Å². The first-order valence-corrected chi connectivity index (χ1v) is 4.86. The monoisotopic (exact) mass is 194 g/mol. The van der Waals surface area contributed by atoms with Crippen molar-refractivity contribution in [3.63, 3.8) is 0 Å². The number of hydrogen-bond acceptors (Lipinski definition) is 4. The Labute approximate surface area is 85.2 Å². The van der Waals surface area contributed by atoms with Crippen molar-refractivity contribution in [1.82, 2.24) is 9.97 Å². The number of anilines is 1. The summed E-state index contributed by atoms with van der Waals surface area (Å²) in [5.41, 5.74) is 6.39. The van der Waals surface area contributed by atoms with Crippen LogP contribution >= 0.6 is 0 Å². The van der Waals surface area contributed by atoms with Crippen LogP contribution in [-0.2, 0) is 6.54 Å². The molecular formula is C10H18N4. The molecule has 78 valence electrons. The van der Waals surface area contributed by atoms with Crippen molar-refractivity contribution in [2.75, 3.05) is 18.5 Å². The van der Waals surface area contributed by atoms with Crippen molar-refractivity contribution in [3.05, 3.63) is 18.0 Å². The van der Waals surface area contributed by atoms with Gasteiger partial charge in [-0.25, -0.2) is 9.97 Å². The van der Waals surface area contributed by atoms with Crippen LogP contribution in [0.3, 0.4) is 0 Å². The minimum absolute atomic E-state index is 0.463. The molecule has 0 saturated heterocycles. The van der Waals surface area contributed by atoms with Gasteiger partial charge in [0.15, 0.2) is 0 Å². The van der Waals surface area contributed by atoms with E-state index in [9.17, 15) is 0 Å². The van der Waals surface area contributed by atoms with Crippen LogP contribution in [0.25, 0.3) is 0 Å². The van der Waals surface area contributed by atoms with E-state index < -0.39 is 0 Å². The van der Waals surface area contributed by atoms with Crippen molar-refractivity contribution in [1.29, 1.82) is 0 Å². The van der Waals surface area contributed by atoms with E-state index >= 15 is 0 Å². The second-order valence-electron chi connectivity index (χ2n) is 3.83. The van der Waals surface area contributed by atoms with E-state index in [-0.39, 0.29) is 0 Å². The molecule has 4 nitrogen and oxygen atoms in total. The van der Waals surface area contributed by atoms with Crippen LogP contribution in [0.2, 0.25) is 0 Å². The van der Waals surface area contributed by atoms with Gasteiger partial charge in [-0.1, -0.05) is 13.8 Å². The maximum Gasteiger partial charge on any atom is 0.225 e. The average molecular weight is 194 g/mol. The first-order valence-electron chi connectivity index (χ1n) is 4.86. The minimum Gasteiger partial charge on any atom is -0.344 e. The summed E-state index contributed by atoms with van der Waals surface area (Å²) in [6.45, 7) is 5.76. The quantitative estimate of drug-likeness (QED) is 0.777. The number of hydrogen-bond donors (Lipinski definition) is 1. The molecule has 0 aromatic carbocycles. The molecule has 1 aromatic heterocycles. The Morgan fingerprint density at radius 2 is 2.21 bits per heavy atom. The first kappa shape index (κ1) is 10.9. The van der Waals surface area contributed by atoms with Crippen LogP contribution in [-0.4, -0.2) is 23.6 Å². The smallest absolute Gasteiger partial charge is 0.225 e. The summed E-state index contributed by atoms with van der Waals surface area (Å²) in [7, 11) is 2.00. The van der Waals surface area contributed by atoms with Crippen LogP contribution in [0, 0.1) is 5.92 Å². The van der Waals surface area contributed by atoms with Gasteiger partial charge in [-0.2, -0.15) is 0 Å². The van der Waals surface area contributed by atoms with E-state index in [1.807, 2.05) is 18.0 Å². The van der Waals surface area contributed by atoms with Gasteiger partial charge < -0.3 is 10.6 Å². The molecule has 0 saturated carbocycles. The van der Waals surface area contributed by atoms with Crippen molar-refractivity contribution in [2.24, 2.45) is 11.7 Å². The van der Waals surface area contributed by atoms with Crippen molar-refractivity contribution < 1.29 is 0 Å². The lowest BCUT2D eigenvalue weighted by Crippen LogP contribution is -2.24. The number of aromatic nitrogens is 2. The lowest BCUT2D eigenvalue weighted by atomic mass is 10.2. The average Bonchev–Trinajstić information content (AvgIpc) is 2.17. The molecule has 1 rings (SSSR count). The Kier molecular flexibility index (Phi) is 3.83. The molecule has 0 amide bonds. The highest BCUT2D eigenvalue weighted by Crippen LogP contribution is 2.07. The molecule has 0 aliphatic rings. The normalized spacial score (nSPS) is 10.6. The van der Waals surface area contributed by atoms with Crippen LogP contribution < -0.4 is 10.6 Å². The molecule has 0 atom stereocenters. The van der Waals surface area contributed by atoms with Gasteiger partial charge in [-0.3, -0.25) is 0 Å². The van der Waals surface area contributed by atoms with Gasteiger partial charge in [0.25, 0.3) is 0 Å². The predicted molar refractivity (Wildman–Crippen MR) is 58.0 cm³/mol. The molecule has 0 aliphatic carbocycles. The third-order valence-corrected chi connectivity index (χ3v) is 1.89. The fourth-order valence-electron chi connectivity index (χ4n) is 1.31. The van der Waals surface area contributed by atoms with E-state index in [0.29, 0.717) is 12.5 Å². The molecule has 0 spiro atoms. The van der Waals surface area contributed by atoms with Crippen molar-refractivity contribution >= 4 is 5.95 Å². The third-order valence-electron chi connectivity index (χ3n) is 1.89. The Balaban J connectivity index is 2.73. The molecule has 1 aromatic rings. The van der Waals surface area contributed by atoms with Crippen molar-refractivity contribution in [3.8, 4) is 0 Å². The summed E-state index contributed by atoms with van der Waals surface area (Å²) in [6.07, 6.45) is 1.75. The second kappa shape index (κ2) is 4.91. The first-order chi connectivity index (χ1) is 6.63. The van der Waals surface area contributed by atoms with Crippen molar-refractivity contribution in [2.45, 2.75) is 20.4 Å². The summed E-state index contributed by atoms with van der Waals surface area (Å²) in [4.78, 5) is 10.6. The maximum absolute atomic E-state index is 5.51. The largest absolute Gasteiger partial charge is 0.344 e. The fourth-order valence-corrected chi connectivity index (χ4v) is 1.31. The second-order valence-corrected chi connectivity index (χ2v) is 3.83. The van der Waals surface area contributed by atoms with E-state index in [1.54, 1.807) is 6.20 Å². The zero-order chi connectivity index (χ0) is 10.6. The highest BCUT2D eigenvalue weighted by Gasteiger charge is 2.06. The number of nitrogens with zero attached hydrogens (tertiary/aromatic N) is 3. The summed E-state index contributed by atoms with van der Waals surface area (Å²) in [6, 6.07) is 1.84. The highest BCUT2D eigenvalue weighted by molar-refractivity contribution is 5.28. The summed E-state index contributed by atoms with van der Waals surface area (Å²) >= 11 is 0. The molecule has 0 fully saturated rings. The third kappa shape index (κ3) is 2.96. The Morgan fingerprint density at radius 3 is 2.79 bits per heavy atom. The number of rotatable bonds is 4. The van der Waals surface area contributed by atoms with Gasteiger partial charge in [0.1, 0.15) is 0 Å². The summed E-state index contributed by atoms with van der Waals surface area (Å²) in [5, 5.41) is 0. The van der Waals surface area contributed by atoms with E-state index in [4.69, 9.17) is 5.73 Å². The van der Waals surface area contributed by atoms with Gasteiger partial charge in [0.2, 0.25) is 5.95 Å². The lowest BCUT2D eigenvalue weighted by molar-refractivity contribution is 0.629. The lowest BCUT2D eigenvalue weighted by Gasteiger charge is -2.19. The molecular weight excluding hydrogens is 176 g/mol. The molecule has 0 aliphatic heterocycles. The Hall–Kier alpha value is -1.16. The Bertz CT molecular complexity index is 285. The van der Waals surface area contributed by atoms with Gasteiger partial charge in [-0.05, 0) is 12.0 Å². The molecule has 14 heavy (non-hydrogen) atoms. The SMILES string of the molecule is CC(C)CN(C)c1nccc(CN)n1. The van der Waals surface area contributed by atoms with Gasteiger partial charge >= 0.3 is 0 Å². The van der Waals surface area contributed by atoms with Crippen LogP contribution in [0.5, 0.6) is 0 Å². The standard InChI is InChI=1S/C10H18N4/c1-8(2)7-14(3)10-12-5-4-9(6-11)13-10/h4-5,8H,6-7,11H2,1-3H3. The van der Waals surface area contributed by atoms with E-state index in [1.165, 1.54) is 0 Å². The molecule has 4 heteroatoms. The topological polar surface area (TPSA) is 55.0 Å². The van der Waals surface area contributed by atoms with Gasteiger partial charge in [0, 0.05) is 26.3 Å². The van der Waals surface area contributed by atoms with E-state index in [0.717, 1.165) is 18.2 Å². The highest BCUT2D eigenvalue weighted by atomic mass is 15.2. The zero-order valence-electron chi connectivity index (χ0n) is 9.07. The van der Waals surface area contributed by atoms with Gasteiger partial charge in [-0.15, -0.1) is 0 Å². The van der Waals surface area contributed by atoms with Crippen LogP contribution in [0.1, 0.15) is 19.5 Å². The minimum atomic E-state index is 0.463. The maximum atomic E-state index is 5.51. The zero-order valence-corrected chi connectivity index (χ0v) is 9.07. The predicted octanol–water partition coefficient (Wildman–Crippen LogP) is 1.03. The molecule has 0 radical (unpaired) electrons. The van der Waals surface area contributed by atoms with Gasteiger partial charge in [0.05, 0.1) is 5.69 Å². The number of nitrogens with two attached hydrogens (primary N) is 1. The molecule has 0 bridgehead atoms.